The number of nitriles is 1. The van der Waals surface area contributed by atoms with Crippen LogP contribution < -0.4 is 15.8 Å². The molecular weight excluding hydrogens is 254 g/mol. The van der Waals surface area contributed by atoms with Crippen LogP contribution in [0.25, 0.3) is 0 Å². The molecule has 0 aromatic heterocycles. The van der Waals surface area contributed by atoms with Crippen molar-refractivity contribution in [3.63, 3.8) is 0 Å². The molecule has 1 aliphatic rings. The van der Waals surface area contributed by atoms with Crippen molar-refractivity contribution in [1.82, 2.24) is 5.32 Å². The Kier molecular flexibility index (Phi) is 4.83. The lowest BCUT2D eigenvalue weighted by molar-refractivity contribution is 0.0927. The van der Waals surface area contributed by atoms with Crippen molar-refractivity contribution in [2.45, 2.75) is 38.1 Å². The number of ether oxygens (including phenoxy) is 1. The van der Waals surface area contributed by atoms with E-state index in [2.05, 4.69) is 5.32 Å². The normalized spacial score (nSPS) is 15.3. The maximum atomic E-state index is 12.2. The highest BCUT2D eigenvalue weighted by Gasteiger charge is 2.17. The van der Waals surface area contributed by atoms with Crippen molar-refractivity contribution in [3.05, 3.63) is 23.8 Å². The fraction of sp³-hybridized carbons (Fsp3) is 0.467. The van der Waals surface area contributed by atoms with E-state index in [1.54, 1.807) is 18.2 Å². The zero-order chi connectivity index (χ0) is 14.4. The van der Waals surface area contributed by atoms with E-state index in [1.807, 2.05) is 6.07 Å². The van der Waals surface area contributed by atoms with Crippen LogP contribution in [0.5, 0.6) is 5.75 Å². The molecule has 0 unspecified atom stereocenters. The van der Waals surface area contributed by atoms with Crippen LogP contribution in [0.4, 0.5) is 5.69 Å². The maximum absolute atomic E-state index is 12.2. The van der Waals surface area contributed by atoms with Gasteiger partial charge in [-0.05, 0) is 31.0 Å². The summed E-state index contributed by atoms with van der Waals surface area (Å²) in [5, 5.41) is 11.6. The highest BCUT2D eigenvalue weighted by Crippen LogP contribution is 2.23. The summed E-state index contributed by atoms with van der Waals surface area (Å²) in [7, 11) is 0. The minimum Gasteiger partial charge on any atom is -0.477 e. The summed E-state index contributed by atoms with van der Waals surface area (Å²) in [4.78, 5) is 12.2. The van der Waals surface area contributed by atoms with Gasteiger partial charge in [-0.2, -0.15) is 5.26 Å². The molecule has 1 aromatic rings. The maximum Gasteiger partial charge on any atom is 0.251 e. The highest BCUT2D eigenvalue weighted by molar-refractivity contribution is 5.95. The average molecular weight is 273 g/mol. The Morgan fingerprint density at radius 3 is 2.85 bits per heavy atom. The van der Waals surface area contributed by atoms with Gasteiger partial charge in [0, 0.05) is 11.6 Å². The molecular formula is C15H19N3O2. The van der Waals surface area contributed by atoms with Gasteiger partial charge >= 0.3 is 0 Å². The van der Waals surface area contributed by atoms with E-state index in [1.165, 1.54) is 19.3 Å². The zero-order valence-corrected chi connectivity index (χ0v) is 11.4. The number of benzene rings is 1. The molecule has 20 heavy (non-hydrogen) atoms. The van der Waals surface area contributed by atoms with Gasteiger partial charge in [-0.3, -0.25) is 4.79 Å². The number of amides is 1. The number of hydrogen-bond donors (Lipinski definition) is 2. The van der Waals surface area contributed by atoms with Gasteiger partial charge in [0.1, 0.15) is 11.8 Å². The van der Waals surface area contributed by atoms with E-state index < -0.39 is 0 Å². The van der Waals surface area contributed by atoms with Gasteiger partial charge in [-0.15, -0.1) is 0 Å². The average Bonchev–Trinajstić information content (AvgIpc) is 2.47. The summed E-state index contributed by atoms with van der Waals surface area (Å²) in [6, 6.07) is 7.03. The number of nitrogens with zero attached hydrogens (tertiary/aromatic N) is 1. The van der Waals surface area contributed by atoms with Crippen LogP contribution in [0.15, 0.2) is 18.2 Å². The second kappa shape index (κ2) is 6.80. The Balaban J connectivity index is 2.03. The Morgan fingerprint density at radius 2 is 2.15 bits per heavy atom. The van der Waals surface area contributed by atoms with E-state index in [4.69, 9.17) is 15.7 Å². The molecule has 2 rings (SSSR count). The van der Waals surface area contributed by atoms with Crippen LogP contribution in [0, 0.1) is 11.3 Å². The van der Waals surface area contributed by atoms with Crippen molar-refractivity contribution >= 4 is 11.6 Å². The number of nitrogens with one attached hydrogen (secondary N) is 1. The smallest absolute Gasteiger partial charge is 0.251 e. The molecule has 5 heteroatoms. The largest absolute Gasteiger partial charge is 0.477 e. The summed E-state index contributed by atoms with van der Waals surface area (Å²) in [5.41, 5.74) is 6.69. The molecule has 3 N–H and O–H groups in total. The predicted molar refractivity (Wildman–Crippen MR) is 76.3 cm³/mol. The number of anilines is 1. The first-order chi connectivity index (χ1) is 9.70. The van der Waals surface area contributed by atoms with Gasteiger partial charge in [0.05, 0.1) is 5.69 Å². The summed E-state index contributed by atoms with van der Waals surface area (Å²) in [6.07, 6.45) is 5.67. The summed E-state index contributed by atoms with van der Waals surface area (Å²) < 4.78 is 5.20. The lowest BCUT2D eigenvalue weighted by Crippen LogP contribution is -2.36. The number of rotatable bonds is 4. The van der Waals surface area contributed by atoms with Gasteiger partial charge in [0.2, 0.25) is 0 Å². The van der Waals surface area contributed by atoms with Gasteiger partial charge in [-0.25, -0.2) is 0 Å². The molecule has 0 bridgehead atoms. The van der Waals surface area contributed by atoms with Crippen molar-refractivity contribution < 1.29 is 9.53 Å². The van der Waals surface area contributed by atoms with Crippen molar-refractivity contribution in [1.29, 1.82) is 5.26 Å². The van der Waals surface area contributed by atoms with Gasteiger partial charge in [-0.1, -0.05) is 19.3 Å². The topological polar surface area (TPSA) is 88.1 Å². The molecule has 0 heterocycles. The molecule has 0 atom stereocenters. The quantitative estimate of drug-likeness (QED) is 0.823. The minimum atomic E-state index is -0.112. The minimum absolute atomic E-state index is 0.0854. The van der Waals surface area contributed by atoms with E-state index in [-0.39, 0.29) is 18.6 Å². The molecule has 1 saturated carbocycles. The number of nitrogens with two attached hydrogens (primary N) is 1. The highest BCUT2D eigenvalue weighted by atomic mass is 16.5. The fourth-order valence-corrected chi connectivity index (χ4v) is 2.43. The molecule has 106 valence electrons. The number of nitrogen functional groups attached to an aromatic ring is 1. The molecule has 0 spiro atoms. The Hall–Kier alpha value is -2.22. The van der Waals surface area contributed by atoms with Crippen molar-refractivity contribution in [2.75, 3.05) is 12.3 Å². The third kappa shape index (κ3) is 3.64. The fourth-order valence-electron chi connectivity index (χ4n) is 2.43. The van der Waals surface area contributed by atoms with Crippen LogP contribution in [0.1, 0.15) is 42.5 Å². The third-order valence-electron chi connectivity index (χ3n) is 3.51. The molecule has 0 saturated heterocycles. The van der Waals surface area contributed by atoms with E-state index >= 15 is 0 Å². The molecule has 0 aliphatic heterocycles. The predicted octanol–water partition coefficient (Wildman–Crippen LogP) is 2.23. The molecule has 0 radical (unpaired) electrons. The van der Waals surface area contributed by atoms with Crippen molar-refractivity contribution in [3.8, 4) is 11.8 Å². The van der Waals surface area contributed by atoms with E-state index in [0.29, 0.717) is 17.0 Å². The van der Waals surface area contributed by atoms with Gasteiger partial charge < -0.3 is 15.8 Å². The first-order valence-electron chi connectivity index (χ1n) is 6.91. The number of hydrogen-bond acceptors (Lipinski definition) is 4. The van der Waals surface area contributed by atoms with Gasteiger partial charge in [0.15, 0.2) is 6.61 Å². The summed E-state index contributed by atoms with van der Waals surface area (Å²) in [5.74, 6) is 0.265. The lowest BCUT2D eigenvalue weighted by atomic mass is 9.95. The van der Waals surface area contributed by atoms with Crippen LogP contribution in [0.2, 0.25) is 0 Å². The molecule has 1 fully saturated rings. The molecule has 1 amide bonds. The van der Waals surface area contributed by atoms with Crippen molar-refractivity contribution in [2.24, 2.45) is 0 Å². The second-order valence-corrected chi connectivity index (χ2v) is 5.01. The monoisotopic (exact) mass is 273 g/mol. The summed E-state index contributed by atoms with van der Waals surface area (Å²) >= 11 is 0. The number of carbonyl (C=O) groups excluding carboxylic acids is 1. The standard InChI is InChI=1S/C15H19N3O2/c16-8-9-20-14-10-11(6-7-13(14)17)15(19)18-12-4-2-1-3-5-12/h6-7,10,12H,1-5,9,17H2,(H,18,19). The molecule has 1 aromatic carbocycles. The third-order valence-corrected chi connectivity index (χ3v) is 3.51. The first-order valence-corrected chi connectivity index (χ1v) is 6.91. The molecule has 5 nitrogen and oxygen atoms in total. The Bertz CT molecular complexity index is 516. The SMILES string of the molecule is N#CCOc1cc(C(=O)NC2CCCCC2)ccc1N. The first kappa shape index (κ1) is 14.2. The van der Waals surface area contributed by atoms with Crippen LogP contribution in [-0.2, 0) is 0 Å². The Labute approximate surface area is 118 Å². The zero-order valence-electron chi connectivity index (χ0n) is 11.4. The summed E-state index contributed by atoms with van der Waals surface area (Å²) in [6.45, 7) is -0.0854. The van der Waals surface area contributed by atoms with E-state index in [9.17, 15) is 4.79 Å². The van der Waals surface area contributed by atoms with E-state index in [0.717, 1.165) is 12.8 Å². The Morgan fingerprint density at radius 1 is 1.40 bits per heavy atom. The van der Waals surface area contributed by atoms with Gasteiger partial charge in [0.25, 0.3) is 5.91 Å². The molecule has 1 aliphatic carbocycles. The number of carbonyl (C=O) groups is 1. The van der Waals surface area contributed by atoms with Crippen LogP contribution in [0.3, 0.4) is 0 Å². The van der Waals surface area contributed by atoms with Crippen LogP contribution in [-0.4, -0.2) is 18.6 Å². The second-order valence-electron chi connectivity index (χ2n) is 5.01. The lowest BCUT2D eigenvalue weighted by Gasteiger charge is -2.22. The van der Waals surface area contributed by atoms with Crippen LogP contribution >= 0.6 is 0 Å².